The third kappa shape index (κ3) is 2.54. The van der Waals surface area contributed by atoms with Gasteiger partial charge in [0.1, 0.15) is 0 Å². The zero-order valence-electron chi connectivity index (χ0n) is 10.4. The first-order chi connectivity index (χ1) is 7.18. The summed E-state index contributed by atoms with van der Waals surface area (Å²) in [6, 6.07) is 0.768. The molecule has 0 aliphatic carbocycles. The van der Waals surface area contributed by atoms with Gasteiger partial charge in [0.05, 0.1) is 6.61 Å². The molecule has 0 aromatic heterocycles. The predicted molar refractivity (Wildman–Crippen MR) is 62.9 cm³/mol. The molecule has 15 heavy (non-hydrogen) atoms. The van der Waals surface area contributed by atoms with E-state index in [9.17, 15) is 0 Å². The first-order valence-electron chi connectivity index (χ1n) is 6.46. The quantitative estimate of drug-likeness (QED) is 0.660. The lowest BCUT2D eigenvalue weighted by Gasteiger charge is -2.44. The Morgan fingerprint density at radius 3 is 2.73 bits per heavy atom. The van der Waals surface area contributed by atoms with Crippen molar-refractivity contribution < 1.29 is 4.74 Å². The van der Waals surface area contributed by atoms with E-state index in [4.69, 9.17) is 4.74 Å². The van der Waals surface area contributed by atoms with Crippen LogP contribution in [0.3, 0.4) is 0 Å². The highest BCUT2D eigenvalue weighted by Gasteiger charge is 2.35. The lowest BCUT2D eigenvalue weighted by Crippen LogP contribution is -2.48. The second-order valence-electron chi connectivity index (χ2n) is 5.68. The summed E-state index contributed by atoms with van der Waals surface area (Å²) in [7, 11) is 2.29. The number of hydrogen-bond acceptors (Lipinski definition) is 2. The van der Waals surface area contributed by atoms with Crippen molar-refractivity contribution in [1.29, 1.82) is 0 Å². The number of ether oxygens (including phenoxy) is 1. The van der Waals surface area contributed by atoms with Crippen LogP contribution in [0.15, 0.2) is 0 Å². The minimum Gasteiger partial charge on any atom is -0.381 e. The Morgan fingerprint density at radius 2 is 2.00 bits per heavy atom. The molecule has 4 atom stereocenters. The number of rotatable bonds is 1. The summed E-state index contributed by atoms with van der Waals surface area (Å²) in [5.74, 6) is 2.52. The Hall–Kier alpha value is -0.0800. The van der Waals surface area contributed by atoms with Crippen molar-refractivity contribution in [2.24, 2.45) is 17.8 Å². The Bertz CT molecular complexity index is 207. The summed E-state index contributed by atoms with van der Waals surface area (Å²) in [5, 5.41) is 0. The lowest BCUT2D eigenvalue weighted by atomic mass is 9.78. The predicted octanol–water partition coefficient (Wildman–Crippen LogP) is 2.39. The monoisotopic (exact) mass is 211 g/mol. The van der Waals surface area contributed by atoms with E-state index in [0.717, 1.165) is 37.0 Å². The zero-order chi connectivity index (χ0) is 10.8. The fraction of sp³-hybridized carbons (Fsp3) is 1.00. The Balaban J connectivity index is 1.99. The molecule has 2 saturated heterocycles. The van der Waals surface area contributed by atoms with Crippen molar-refractivity contribution in [3.05, 3.63) is 0 Å². The molecule has 2 unspecified atom stereocenters. The molecule has 0 spiro atoms. The van der Waals surface area contributed by atoms with E-state index in [1.165, 1.54) is 25.8 Å². The molecule has 2 aliphatic rings. The molecule has 2 nitrogen and oxygen atoms in total. The van der Waals surface area contributed by atoms with E-state index in [2.05, 4.69) is 25.8 Å². The molecule has 0 bridgehead atoms. The van der Waals surface area contributed by atoms with Gasteiger partial charge in [-0.2, -0.15) is 0 Å². The molecule has 0 aromatic rings. The fourth-order valence-electron chi connectivity index (χ4n) is 3.16. The Kier molecular flexibility index (Phi) is 3.68. The van der Waals surface area contributed by atoms with Gasteiger partial charge < -0.3 is 9.64 Å². The van der Waals surface area contributed by atoms with Gasteiger partial charge in [-0.3, -0.25) is 0 Å². The average Bonchev–Trinajstić information content (AvgIpc) is 2.23. The summed E-state index contributed by atoms with van der Waals surface area (Å²) >= 11 is 0. The fourth-order valence-corrected chi connectivity index (χ4v) is 3.16. The van der Waals surface area contributed by atoms with E-state index in [1.54, 1.807) is 0 Å². The largest absolute Gasteiger partial charge is 0.381 e. The molecule has 0 N–H and O–H groups in total. The van der Waals surface area contributed by atoms with Gasteiger partial charge in [-0.1, -0.05) is 13.8 Å². The van der Waals surface area contributed by atoms with E-state index < -0.39 is 0 Å². The van der Waals surface area contributed by atoms with Crippen LogP contribution in [-0.2, 0) is 4.74 Å². The van der Waals surface area contributed by atoms with Gasteiger partial charge in [0, 0.05) is 18.6 Å². The van der Waals surface area contributed by atoms with Gasteiger partial charge in [-0.15, -0.1) is 0 Å². The van der Waals surface area contributed by atoms with Gasteiger partial charge in [0.2, 0.25) is 0 Å². The first-order valence-corrected chi connectivity index (χ1v) is 6.46. The maximum Gasteiger partial charge on any atom is 0.0511 e. The molecule has 0 saturated carbocycles. The van der Waals surface area contributed by atoms with Crippen molar-refractivity contribution >= 4 is 0 Å². The molecular formula is C13H25NO. The molecule has 2 heteroatoms. The second-order valence-corrected chi connectivity index (χ2v) is 5.68. The van der Waals surface area contributed by atoms with Crippen LogP contribution in [0.5, 0.6) is 0 Å². The van der Waals surface area contributed by atoms with Crippen LogP contribution in [0.4, 0.5) is 0 Å². The van der Waals surface area contributed by atoms with Crippen LogP contribution in [0.25, 0.3) is 0 Å². The maximum atomic E-state index is 5.66. The minimum atomic E-state index is 0.768. The highest BCUT2D eigenvalue weighted by Crippen LogP contribution is 2.33. The summed E-state index contributed by atoms with van der Waals surface area (Å²) in [6.45, 7) is 8.04. The van der Waals surface area contributed by atoms with Crippen LogP contribution in [0, 0.1) is 17.8 Å². The van der Waals surface area contributed by atoms with Crippen molar-refractivity contribution in [3.63, 3.8) is 0 Å². The van der Waals surface area contributed by atoms with E-state index >= 15 is 0 Å². The number of likely N-dealkylation sites (tertiary alicyclic amines) is 1. The van der Waals surface area contributed by atoms with E-state index in [0.29, 0.717) is 0 Å². The summed E-state index contributed by atoms with van der Waals surface area (Å²) < 4.78 is 5.66. The van der Waals surface area contributed by atoms with Gasteiger partial charge >= 0.3 is 0 Å². The van der Waals surface area contributed by atoms with E-state index in [-0.39, 0.29) is 0 Å². The van der Waals surface area contributed by atoms with Crippen molar-refractivity contribution in [2.45, 2.75) is 39.2 Å². The first kappa shape index (κ1) is 11.4. The van der Waals surface area contributed by atoms with Crippen LogP contribution in [0.2, 0.25) is 0 Å². The average molecular weight is 211 g/mol. The topological polar surface area (TPSA) is 12.5 Å². The molecule has 2 heterocycles. The highest BCUT2D eigenvalue weighted by atomic mass is 16.5. The molecule has 0 aromatic carbocycles. The summed E-state index contributed by atoms with van der Waals surface area (Å²) in [4.78, 5) is 2.57. The standard InChI is InChI=1S/C13H25NO/c1-10-4-6-14(3)13(8-10)12-9-15-7-5-11(12)2/h10-13H,4-9H2,1-3H3/t10-,11+,12?,13?/m0/s1. The summed E-state index contributed by atoms with van der Waals surface area (Å²) in [5.41, 5.74) is 0. The SMILES string of the molecule is C[C@H]1CCN(C)C(C2COCC[C@H]2C)C1. The van der Waals surface area contributed by atoms with Crippen molar-refractivity contribution in [2.75, 3.05) is 26.8 Å². The number of hydrogen-bond donors (Lipinski definition) is 0. The zero-order valence-corrected chi connectivity index (χ0v) is 10.4. The molecule has 88 valence electrons. The van der Waals surface area contributed by atoms with E-state index in [1.807, 2.05) is 0 Å². The Morgan fingerprint density at radius 1 is 1.20 bits per heavy atom. The van der Waals surface area contributed by atoms with Crippen LogP contribution in [0.1, 0.15) is 33.1 Å². The lowest BCUT2D eigenvalue weighted by molar-refractivity contribution is -0.0314. The van der Waals surface area contributed by atoms with Crippen LogP contribution < -0.4 is 0 Å². The summed E-state index contributed by atoms with van der Waals surface area (Å²) in [6.07, 6.45) is 3.99. The molecule has 2 rings (SSSR count). The van der Waals surface area contributed by atoms with Gasteiger partial charge in [-0.25, -0.2) is 0 Å². The number of piperidine rings is 1. The smallest absolute Gasteiger partial charge is 0.0511 e. The molecular weight excluding hydrogens is 186 g/mol. The molecule has 2 fully saturated rings. The van der Waals surface area contributed by atoms with Crippen molar-refractivity contribution in [3.8, 4) is 0 Å². The van der Waals surface area contributed by atoms with Crippen LogP contribution >= 0.6 is 0 Å². The Labute approximate surface area is 94.0 Å². The third-order valence-electron chi connectivity index (χ3n) is 4.44. The second kappa shape index (κ2) is 4.84. The molecule has 0 amide bonds. The minimum absolute atomic E-state index is 0.768. The van der Waals surface area contributed by atoms with Gasteiger partial charge in [-0.05, 0) is 44.7 Å². The van der Waals surface area contributed by atoms with Gasteiger partial charge in [0.15, 0.2) is 0 Å². The normalized spacial score (nSPS) is 44.2. The van der Waals surface area contributed by atoms with Crippen molar-refractivity contribution in [1.82, 2.24) is 4.90 Å². The molecule has 2 aliphatic heterocycles. The number of nitrogens with zero attached hydrogens (tertiary/aromatic N) is 1. The highest BCUT2D eigenvalue weighted by molar-refractivity contribution is 4.87. The third-order valence-corrected chi connectivity index (χ3v) is 4.44. The van der Waals surface area contributed by atoms with Gasteiger partial charge in [0.25, 0.3) is 0 Å². The van der Waals surface area contributed by atoms with Crippen LogP contribution in [-0.4, -0.2) is 37.7 Å². The molecule has 0 radical (unpaired) electrons. The maximum absolute atomic E-state index is 5.66.